The molecule has 0 saturated carbocycles. The molecule has 256 valence electrons. The van der Waals surface area contributed by atoms with E-state index in [1.807, 2.05) is 13.8 Å². The smallest absolute Gasteiger partial charge is 0.249 e. The predicted molar refractivity (Wildman–Crippen MR) is 179 cm³/mol. The van der Waals surface area contributed by atoms with Gasteiger partial charge in [0.1, 0.15) is 6.04 Å². The quantitative estimate of drug-likeness (QED) is 0.153. The van der Waals surface area contributed by atoms with E-state index in [4.69, 9.17) is 5.11 Å². The van der Waals surface area contributed by atoms with Gasteiger partial charge in [0.2, 0.25) is 24.1 Å². The standard InChI is InChI=1S/C22H38N4O5.C8H17N.C4H10/c1-16(2)19(25(4)20(29)14-23-15-28)13-17(3)22(31)26-11-8-9-18(26)21(30)24-10-6-5-7-12-27;1-8(2)9-6-4-3-5-7-9;1-4(2)3/h13,15-16,18-19,27H,5-12,14H2,1-4H3,(H,23,28)(H,24,30);8H,3-7H2,1-2H3;4H,1-3H3/b17-13+;;. The van der Waals surface area contributed by atoms with Gasteiger partial charge in [-0.25, -0.2) is 0 Å². The summed E-state index contributed by atoms with van der Waals surface area (Å²) in [5, 5.41) is 14.1. The maximum absolute atomic E-state index is 13.1. The molecule has 0 aromatic rings. The van der Waals surface area contributed by atoms with Crippen LogP contribution in [0, 0.1) is 11.8 Å². The summed E-state index contributed by atoms with van der Waals surface area (Å²) < 4.78 is 0. The molecule has 0 radical (unpaired) electrons. The number of hydrogen-bond donors (Lipinski definition) is 3. The highest BCUT2D eigenvalue weighted by atomic mass is 16.3. The second-order valence-electron chi connectivity index (χ2n) is 13.2. The molecular weight excluding hydrogens is 558 g/mol. The van der Waals surface area contributed by atoms with Gasteiger partial charge in [0.25, 0.3) is 0 Å². The monoisotopic (exact) mass is 623 g/mol. The van der Waals surface area contributed by atoms with Crippen molar-refractivity contribution >= 4 is 24.1 Å². The summed E-state index contributed by atoms with van der Waals surface area (Å²) in [5.41, 5.74) is 0.490. The Morgan fingerprint density at radius 3 is 2.05 bits per heavy atom. The summed E-state index contributed by atoms with van der Waals surface area (Å²) in [6.07, 6.45) is 10.3. The average molecular weight is 624 g/mol. The van der Waals surface area contributed by atoms with Crippen LogP contribution in [-0.4, -0.2) is 108 Å². The lowest BCUT2D eigenvalue weighted by molar-refractivity contribution is -0.135. The van der Waals surface area contributed by atoms with Crippen molar-refractivity contribution in [1.29, 1.82) is 0 Å². The lowest BCUT2D eigenvalue weighted by atomic mass is 9.99. The Labute approximate surface area is 268 Å². The van der Waals surface area contributed by atoms with Crippen LogP contribution in [0.1, 0.15) is 107 Å². The average Bonchev–Trinajstić information content (AvgIpc) is 3.48. The van der Waals surface area contributed by atoms with Crippen molar-refractivity contribution in [3.05, 3.63) is 11.6 Å². The molecule has 10 heteroatoms. The van der Waals surface area contributed by atoms with Crippen LogP contribution in [0.25, 0.3) is 0 Å². The largest absolute Gasteiger partial charge is 0.396 e. The number of likely N-dealkylation sites (tertiary alicyclic amines) is 2. The van der Waals surface area contributed by atoms with E-state index in [-0.39, 0.29) is 42.8 Å². The maximum Gasteiger partial charge on any atom is 0.249 e. The Morgan fingerprint density at radius 2 is 1.55 bits per heavy atom. The first-order valence-corrected chi connectivity index (χ1v) is 16.8. The Bertz CT molecular complexity index is 852. The molecule has 0 bridgehead atoms. The van der Waals surface area contributed by atoms with Gasteiger partial charge in [0.05, 0.1) is 12.6 Å². The maximum atomic E-state index is 13.1. The van der Waals surface area contributed by atoms with Crippen LogP contribution in [0.15, 0.2) is 11.6 Å². The summed E-state index contributed by atoms with van der Waals surface area (Å²) in [5.74, 6) is 0.303. The molecule has 0 aromatic heterocycles. The molecule has 2 unspecified atom stereocenters. The van der Waals surface area contributed by atoms with Gasteiger partial charge >= 0.3 is 0 Å². The first kappa shape index (κ1) is 41.5. The van der Waals surface area contributed by atoms with Crippen molar-refractivity contribution in [2.45, 2.75) is 125 Å². The molecule has 0 spiro atoms. The fourth-order valence-electron chi connectivity index (χ4n) is 5.19. The number of amides is 4. The van der Waals surface area contributed by atoms with Crippen LogP contribution in [0.4, 0.5) is 0 Å². The van der Waals surface area contributed by atoms with E-state index in [9.17, 15) is 19.2 Å². The van der Waals surface area contributed by atoms with E-state index < -0.39 is 6.04 Å². The number of nitrogens with one attached hydrogen (secondary N) is 2. The number of likely N-dealkylation sites (N-methyl/N-ethyl adjacent to an activating group) is 1. The molecule has 2 aliphatic heterocycles. The third-order valence-corrected chi connectivity index (χ3v) is 7.69. The minimum atomic E-state index is -0.484. The van der Waals surface area contributed by atoms with Crippen molar-refractivity contribution in [2.75, 3.05) is 46.4 Å². The van der Waals surface area contributed by atoms with Gasteiger partial charge in [0, 0.05) is 38.4 Å². The van der Waals surface area contributed by atoms with E-state index in [1.54, 1.807) is 24.9 Å². The molecule has 2 aliphatic rings. The summed E-state index contributed by atoms with van der Waals surface area (Å²) in [7, 11) is 1.65. The van der Waals surface area contributed by atoms with Crippen LogP contribution < -0.4 is 10.6 Å². The molecule has 2 saturated heterocycles. The lowest BCUT2D eigenvalue weighted by Gasteiger charge is -2.30. The molecule has 2 rings (SSSR count). The minimum absolute atomic E-state index is 0.0597. The van der Waals surface area contributed by atoms with Crippen molar-refractivity contribution in [3.8, 4) is 0 Å². The van der Waals surface area contributed by atoms with Gasteiger partial charge in [-0.05, 0) is 90.6 Å². The summed E-state index contributed by atoms with van der Waals surface area (Å²) in [6.45, 7) is 20.5. The zero-order valence-corrected chi connectivity index (χ0v) is 29.4. The minimum Gasteiger partial charge on any atom is -0.396 e. The van der Waals surface area contributed by atoms with Gasteiger partial charge < -0.3 is 30.4 Å². The number of unbranched alkanes of at least 4 members (excludes halogenated alkanes) is 2. The molecule has 0 aromatic carbocycles. The predicted octanol–water partition coefficient (Wildman–Crippen LogP) is 3.97. The number of nitrogens with zero attached hydrogens (tertiary/aromatic N) is 3. The van der Waals surface area contributed by atoms with Crippen LogP contribution in [0.3, 0.4) is 0 Å². The molecule has 2 heterocycles. The second kappa shape index (κ2) is 23.9. The first-order chi connectivity index (χ1) is 20.8. The Hall–Kier alpha value is -2.46. The van der Waals surface area contributed by atoms with E-state index >= 15 is 0 Å². The van der Waals surface area contributed by atoms with E-state index in [0.717, 1.165) is 31.2 Å². The van der Waals surface area contributed by atoms with E-state index in [0.29, 0.717) is 37.9 Å². The van der Waals surface area contributed by atoms with Crippen molar-refractivity contribution < 1.29 is 24.3 Å². The van der Waals surface area contributed by atoms with Gasteiger partial charge in [-0.15, -0.1) is 0 Å². The number of rotatable bonds is 14. The molecule has 4 amide bonds. The summed E-state index contributed by atoms with van der Waals surface area (Å²) in [6, 6.07) is -0.0287. The van der Waals surface area contributed by atoms with Gasteiger partial charge in [-0.1, -0.05) is 47.1 Å². The van der Waals surface area contributed by atoms with E-state index in [2.05, 4.69) is 50.2 Å². The lowest BCUT2D eigenvalue weighted by Crippen LogP contribution is -2.47. The Morgan fingerprint density at radius 1 is 0.932 bits per heavy atom. The highest BCUT2D eigenvalue weighted by Gasteiger charge is 2.34. The molecule has 2 fully saturated rings. The van der Waals surface area contributed by atoms with Crippen LogP contribution in [0.2, 0.25) is 0 Å². The third-order valence-electron chi connectivity index (χ3n) is 7.69. The zero-order chi connectivity index (χ0) is 33.7. The fraction of sp³-hybridized carbons (Fsp3) is 0.824. The highest BCUT2D eigenvalue weighted by Crippen LogP contribution is 2.21. The topological polar surface area (TPSA) is 122 Å². The number of aliphatic hydroxyl groups is 1. The normalized spacial score (nSPS) is 17.8. The molecular formula is C34H65N5O5. The SMILES string of the molecule is C/C(=C\C(C(C)C)N(C)C(=O)CNC=O)C(=O)N1CCCC1C(=O)NCCCCCO.CC(C)C.CC(C)N1CCCCC1. The van der Waals surface area contributed by atoms with E-state index in [1.165, 1.54) is 37.3 Å². The molecule has 3 N–H and O–H groups in total. The van der Waals surface area contributed by atoms with Crippen molar-refractivity contribution in [1.82, 2.24) is 25.3 Å². The molecule has 44 heavy (non-hydrogen) atoms. The number of piperidine rings is 1. The van der Waals surface area contributed by atoms with Gasteiger partial charge in [-0.3, -0.25) is 19.2 Å². The molecule has 0 aliphatic carbocycles. The Kier molecular flexibility index (Phi) is 22.5. The summed E-state index contributed by atoms with van der Waals surface area (Å²) in [4.78, 5) is 54.1. The Balaban J connectivity index is 0.00000117. The zero-order valence-electron chi connectivity index (χ0n) is 29.4. The number of aliphatic hydroxyl groups excluding tert-OH is 1. The van der Waals surface area contributed by atoms with Crippen LogP contribution in [0.5, 0.6) is 0 Å². The fourth-order valence-corrected chi connectivity index (χ4v) is 5.19. The highest BCUT2D eigenvalue weighted by molar-refractivity contribution is 5.97. The van der Waals surface area contributed by atoms with Crippen LogP contribution in [-0.2, 0) is 19.2 Å². The van der Waals surface area contributed by atoms with Gasteiger partial charge in [-0.2, -0.15) is 0 Å². The molecule has 2 atom stereocenters. The summed E-state index contributed by atoms with van der Waals surface area (Å²) >= 11 is 0. The van der Waals surface area contributed by atoms with Gasteiger partial charge in [0.15, 0.2) is 0 Å². The second-order valence-corrected chi connectivity index (χ2v) is 13.2. The molecule has 10 nitrogen and oxygen atoms in total. The number of hydrogen-bond acceptors (Lipinski definition) is 6. The first-order valence-electron chi connectivity index (χ1n) is 16.8. The number of carbonyl (C=O) groups is 4. The number of carbonyl (C=O) groups excluding carboxylic acids is 4. The van der Waals surface area contributed by atoms with Crippen molar-refractivity contribution in [3.63, 3.8) is 0 Å². The third kappa shape index (κ3) is 17.1. The van der Waals surface area contributed by atoms with Crippen LogP contribution >= 0.6 is 0 Å². The van der Waals surface area contributed by atoms with Crippen molar-refractivity contribution in [2.24, 2.45) is 11.8 Å².